The summed E-state index contributed by atoms with van der Waals surface area (Å²) < 4.78 is 0. The van der Waals surface area contributed by atoms with Gasteiger partial charge in [0.1, 0.15) is 0 Å². The summed E-state index contributed by atoms with van der Waals surface area (Å²) in [5.74, 6) is -0.0893. The fraction of sp³-hybridized carbons (Fsp3) is 0.0714. The molecule has 0 radical (unpaired) electrons. The molecule has 0 saturated carbocycles. The number of carboxylic acid groups (broad SMARTS) is 1. The van der Waals surface area contributed by atoms with Gasteiger partial charge in [-0.1, -0.05) is 23.7 Å². The summed E-state index contributed by atoms with van der Waals surface area (Å²) in [5.41, 5.74) is 1.41. The molecule has 0 heterocycles. The standard InChI is InChI=1S/C14H11ClO2S/c15-12-5-7-13(8-6-12)18-9-10-1-3-11(4-2-10)14(16)17/h1-8H,9H2,(H,16,17). The molecule has 0 aliphatic heterocycles. The maximum Gasteiger partial charge on any atom is 0.335 e. The van der Waals surface area contributed by atoms with Crippen LogP contribution in [0.15, 0.2) is 53.4 Å². The van der Waals surface area contributed by atoms with Crippen LogP contribution in [0.3, 0.4) is 0 Å². The van der Waals surface area contributed by atoms with Crippen molar-refractivity contribution in [3.05, 3.63) is 64.7 Å². The van der Waals surface area contributed by atoms with Crippen LogP contribution in [0.2, 0.25) is 5.02 Å². The molecular weight excluding hydrogens is 268 g/mol. The second kappa shape index (κ2) is 5.94. The predicted octanol–water partition coefficient (Wildman–Crippen LogP) is 4.33. The Hall–Kier alpha value is -1.45. The molecule has 1 N–H and O–H groups in total. The Morgan fingerprint density at radius 1 is 1.06 bits per heavy atom. The van der Waals surface area contributed by atoms with Crippen molar-refractivity contribution in [3.63, 3.8) is 0 Å². The highest BCUT2D eigenvalue weighted by molar-refractivity contribution is 7.98. The van der Waals surface area contributed by atoms with Crippen LogP contribution in [0.4, 0.5) is 0 Å². The van der Waals surface area contributed by atoms with Crippen molar-refractivity contribution >= 4 is 29.3 Å². The first kappa shape index (κ1) is 13.0. The molecule has 2 aromatic carbocycles. The lowest BCUT2D eigenvalue weighted by Gasteiger charge is -2.03. The number of aromatic carboxylic acids is 1. The van der Waals surface area contributed by atoms with Gasteiger partial charge in [0.25, 0.3) is 0 Å². The quantitative estimate of drug-likeness (QED) is 0.846. The summed E-state index contributed by atoms with van der Waals surface area (Å²) >= 11 is 7.50. The van der Waals surface area contributed by atoms with Gasteiger partial charge in [-0.05, 0) is 42.0 Å². The minimum Gasteiger partial charge on any atom is -0.478 e. The largest absolute Gasteiger partial charge is 0.478 e. The summed E-state index contributed by atoms with van der Waals surface area (Å²) in [4.78, 5) is 11.8. The molecule has 0 aromatic heterocycles. The summed E-state index contributed by atoms with van der Waals surface area (Å²) in [6, 6.07) is 14.6. The zero-order valence-electron chi connectivity index (χ0n) is 9.47. The lowest BCUT2D eigenvalue weighted by molar-refractivity contribution is 0.0697. The highest BCUT2D eigenvalue weighted by atomic mass is 35.5. The van der Waals surface area contributed by atoms with Crippen LogP contribution in [-0.4, -0.2) is 11.1 Å². The van der Waals surface area contributed by atoms with Crippen LogP contribution in [-0.2, 0) is 5.75 Å². The van der Waals surface area contributed by atoms with Crippen LogP contribution in [0.5, 0.6) is 0 Å². The van der Waals surface area contributed by atoms with Crippen LogP contribution in [0, 0.1) is 0 Å². The van der Waals surface area contributed by atoms with Crippen molar-refractivity contribution in [3.8, 4) is 0 Å². The number of hydrogen-bond donors (Lipinski definition) is 1. The molecule has 0 aliphatic rings. The Morgan fingerprint density at radius 3 is 2.22 bits per heavy atom. The molecule has 0 unspecified atom stereocenters. The van der Waals surface area contributed by atoms with E-state index in [4.69, 9.17) is 16.7 Å². The zero-order chi connectivity index (χ0) is 13.0. The lowest BCUT2D eigenvalue weighted by Crippen LogP contribution is -1.95. The molecule has 0 bridgehead atoms. The Morgan fingerprint density at radius 2 is 1.67 bits per heavy atom. The maximum atomic E-state index is 10.7. The topological polar surface area (TPSA) is 37.3 Å². The summed E-state index contributed by atoms with van der Waals surface area (Å²) in [6.07, 6.45) is 0. The third kappa shape index (κ3) is 3.52. The molecule has 2 nitrogen and oxygen atoms in total. The van der Waals surface area contributed by atoms with E-state index in [9.17, 15) is 4.79 Å². The van der Waals surface area contributed by atoms with Crippen molar-refractivity contribution in [2.75, 3.05) is 0 Å². The molecule has 92 valence electrons. The van der Waals surface area contributed by atoms with E-state index >= 15 is 0 Å². The van der Waals surface area contributed by atoms with E-state index in [1.807, 2.05) is 36.4 Å². The second-order valence-corrected chi connectivity index (χ2v) is 5.23. The normalized spacial score (nSPS) is 10.3. The molecule has 4 heteroatoms. The van der Waals surface area contributed by atoms with Gasteiger partial charge in [0, 0.05) is 15.7 Å². The summed E-state index contributed by atoms with van der Waals surface area (Å²) in [7, 11) is 0. The lowest BCUT2D eigenvalue weighted by atomic mass is 10.1. The third-order valence-corrected chi connectivity index (χ3v) is 3.76. The van der Waals surface area contributed by atoms with Gasteiger partial charge in [0.05, 0.1) is 5.56 Å². The van der Waals surface area contributed by atoms with Crippen molar-refractivity contribution in [1.82, 2.24) is 0 Å². The van der Waals surface area contributed by atoms with E-state index in [1.54, 1.807) is 23.9 Å². The number of thioether (sulfide) groups is 1. The first-order chi connectivity index (χ1) is 8.65. The molecule has 2 aromatic rings. The van der Waals surface area contributed by atoms with Crippen molar-refractivity contribution in [2.24, 2.45) is 0 Å². The van der Waals surface area contributed by atoms with E-state index in [0.29, 0.717) is 5.56 Å². The first-order valence-corrected chi connectivity index (χ1v) is 6.72. The highest BCUT2D eigenvalue weighted by Crippen LogP contribution is 2.24. The minimum absolute atomic E-state index is 0.315. The van der Waals surface area contributed by atoms with Crippen molar-refractivity contribution in [2.45, 2.75) is 10.6 Å². The fourth-order valence-corrected chi connectivity index (χ4v) is 2.42. The van der Waals surface area contributed by atoms with E-state index in [0.717, 1.165) is 21.2 Å². The van der Waals surface area contributed by atoms with Gasteiger partial charge in [-0.25, -0.2) is 4.79 Å². The second-order valence-electron chi connectivity index (χ2n) is 3.74. The van der Waals surface area contributed by atoms with Crippen LogP contribution in [0.25, 0.3) is 0 Å². The molecule has 0 amide bonds. The Kier molecular flexibility index (Phi) is 4.28. The fourth-order valence-electron chi connectivity index (χ4n) is 1.44. The molecule has 18 heavy (non-hydrogen) atoms. The summed E-state index contributed by atoms with van der Waals surface area (Å²) in [6.45, 7) is 0. The number of rotatable bonds is 4. The third-order valence-electron chi connectivity index (χ3n) is 2.42. The van der Waals surface area contributed by atoms with E-state index in [2.05, 4.69) is 0 Å². The van der Waals surface area contributed by atoms with E-state index in [1.165, 1.54) is 0 Å². The molecule has 2 rings (SSSR count). The number of hydrogen-bond acceptors (Lipinski definition) is 2. The monoisotopic (exact) mass is 278 g/mol. The molecular formula is C14H11ClO2S. The van der Waals surface area contributed by atoms with Gasteiger partial charge in [0.2, 0.25) is 0 Å². The van der Waals surface area contributed by atoms with Gasteiger partial charge in [-0.2, -0.15) is 0 Å². The molecule has 0 aliphatic carbocycles. The van der Waals surface area contributed by atoms with Gasteiger partial charge < -0.3 is 5.11 Å². The number of carbonyl (C=O) groups is 1. The maximum absolute atomic E-state index is 10.7. The molecule has 0 saturated heterocycles. The van der Waals surface area contributed by atoms with Crippen LogP contribution < -0.4 is 0 Å². The SMILES string of the molecule is O=C(O)c1ccc(CSc2ccc(Cl)cc2)cc1. The van der Waals surface area contributed by atoms with Crippen LogP contribution >= 0.6 is 23.4 Å². The Labute approximate surface area is 115 Å². The Balaban J connectivity index is 1.97. The number of halogens is 1. The number of benzene rings is 2. The average Bonchev–Trinajstić information content (AvgIpc) is 2.38. The van der Waals surface area contributed by atoms with E-state index < -0.39 is 5.97 Å². The van der Waals surface area contributed by atoms with Crippen molar-refractivity contribution < 1.29 is 9.90 Å². The van der Waals surface area contributed by atoms with Gasteiger partial charge in [0.15, 0.2) is 0 Å². The average molecular weight is 279 g/mol. The minimum atomic E-state index is -0.896. The molecule has 0 fully saturated rings. The van der Waals surface area contributed by atoms with Gasteiger partial charge in [-0.3, -0.25) is 0 Å². The first-order valence-electron chi connectivity index (χ1n) is 5.36. The zero-order valence-corrected chi connectivity index (χ0v) is 11.0. The van der Waals surface area contributed by atoms with Crippen LogP contribution in [0.1, 0.15) is 15.9 Å². The van der Waals surface area contributed by atoms with Gasteiger partial charge in [-0.15, -0.1) is 11.8 Å². The van der Waals surface area contributed by atoms with E-state index in [-0.39, 0.29) is 0 Å². The smallest absolute Gasteiger partial charge is 0.335 e. The predicted molar refractivity (Wildman–Crippen MR) is 74.4 cm³/mol. The molecule has 0 spiro atoms. The highest BCUT2D eigenvalue weighted by Gasteiger charge is 2.02. The summed E-state index contributed by atoms with van der Waals surface area (Å²) in [5, 5.41) is 9.52. The van der Waals surface area contributed by atoms with Gasteiger partial charge >= 0.3 is 5.97 Å². The Bertz CT molecular complexity index is 535. The number of carboxylic acids is 1. The molecule has 0 atom stereocenters. The van der Waals surface area contributed by atoms with Crippen molar-refractivity contribution in [1.29, 1.82) is 0 Å².